The van der Waals surface area contributed by atoms with E-state index in [-0.39, 0.29) is 10.8 Å². The molecule has 0 unspecified atom stereocenters. The van der Waals surface area contributed by atoms with Crippen molar-refractivity contribution in [2.45, 2.75) is 52.4 Å². The molecule has 74 heavy (non-hydrogen) atoms. The number of benzene rings is 9. The molecule has 0 aliphatic carbocycles. The highest BCUT2D eigenvalue weighted by atomic mass is 16.5. The monoisotopic (exact) mass is 955 g/mol. The van der Waals surface area contributed by atoms with Gasteiger partial charge >= 0.3 is 0 Å². The number of nitrogens with zero attached hydrogens (tertiary/aromatic N) is 5. The van der Waals surface area contributed by atoms with Crippen LogP contribution in [0.1, 0.15) is 52.7 Å². The van der Waals surface area contributed by atoms with Gasteiger partial charge in [0.05, 0.1) is 44.5 Å². The van der Waals surface area contributed by atoms with Crippen molar-refractivity contribution in [3.8, 4) is 67.8 Å². The van der Waals surface area contributed by atoms with Crippen molar-refractivity contribution in [3.05, 3.63) is 230 Å². The Morgan fingerprint density at radius 3 is 1.62 bits per heavy atom. The molecule has 0 radical (unpaired) electrons. The Morgan fingerprint density at radius 1 is 0.419 bits per heavy atom. The van der Waals surface area contributed by atoms with Crippen LogP contribution in [0.5, 0.6) is 11.5 Å². The molecule has 13 aromatic rings. The fourth-order valence-corrected chi connectivity index (χ4v) is 11.7. The van der Waals surface area contributed by atoms with Crippen molar-refractivity contribution in [3.63, 3.8) is 0 Å². The van der Waals surface area contributed by atoms with Gasteiger partial charge < -0.3 is 9.30 Å². The molecule has 1 aliphatic heterocycles. The number of para-hydroxylation sites is 4. The Kier molecular flexibility index (Phi) is 9.61. The van der Waals surface area contributed by atoms with Crippen molar-refractivity contribution >= 4 is 54.6 Å². The smallest absolute Gasteiger partial charge is 0.269 e. The lowest BCUT2D eigenvalue weighted by Gasteiger charge is -2.26. The fourth-order valence-electron chi connectivity index (χ4n) is 11.7. The molecule has 0 bridgehead atoms. The van der Waals surface area contributed by atoms with Gasteiger partial charge in [0.15, 0.2) is 0 Å². The number of aromatic nitrogens is 5. The molecule has 0 saturated carbocycles. The zero-order chi connectivity index (χ0) is 50.0. The molecule has 9 aromatic carbocycles. The van der Waals surface area contributed by atoms with Gasteiger partial charge in [0.25, 0.3) is 6.33 Å². The van der Waals surface area contributed by atoms with Crippen LogP contribution in [-0.4, -0.2) is 18.7 Å². The van der Waals surface area contributed by atoms with E-state index in [9.17, 15) is 0 Å². The van der Waals surface area contributed by atoms with E-state index in [0.29, 0.717) is 5.75 Å². The zero-order valence-corrected chi connectivity index (χ0v) is 42.4. The first kappa shape index (κ1) is 43.8. The zero-order valence-electron chi connectivity index (χ0n) is 42.4. The quantitative estimate of drug-likeness (QED) is 0.127. The van der Waals surface area contributed by atoms with Gasteiger partial charge in [0.1, 0.15) is 17.3 Å². The van der Waals surface area contributed by atoms with Gasteiger partial charge in [0, 0.05) is 39.5 Å². The summed E-state index contributed by atoms with van der Waals surface area (Å²) in [6, 6.07) is 74.7. The summed E-state index contributed by atoms with van der Waals surface area (Å²) >= 11 is 0. The van der Waals surface area contributed by atoms with E-state index in [0.717, 1.165) is 83.8 Å². The second-order valence-corrected chi connectivity index (χ2v) is 21.8. The molecule has 0 amide bonds. The van der Waals surface area contributed by atoms with Crippen molar-refractivity contribution in [2.24, 2.45) is 0 Å². The van der Waals surface area contributed by atoms with Crippen LogP contribution < -0.4 is 9.30 Å². The standard InChI is InChI=1S/C68H53N5O/c1-67(2,3)43-35-36-69-64(37-43)73-61-32-16-13-27-54(61)55-34-33-47(41-62(55)73)74-46-20-17-19-44(38-46)70-42-71-65-56(28-18-29-58(65)68(4,5)6)50-23-9-7-21-48(50)49-22-8-10-24-51(49)57-39-45(40-63(70)66(57)71)72-59-30-14-11-25-52(59)53-26-12-15-31-60(53)72/h7-41H,1-6H3. The minimum Gasteiger partial charge on any atom is -0.458 e. The summed E-state index contributed by atoms with van der Waals surface area (Å²) in [6.07, 6.45) is 5.98. The summed E-state index contributed by atoms with van der Waals surface area (Å²) in [4.78, 5) is 4.94. The molecule has 0 spiro atoms. The minimum absolute atomic E-state index is 0.0324. The van der Waals surface area contributed by atoms with Gasteiger partial charge in [-0.3, -0.25) is 13.7 Å². The molecule has 0 N–H and O–H groups in total. The summed E-state index contributed by atoms with van der Waals surface area (Å²) in [7, 11) is 0. The van der Waals surface area contributed by atoms with Crippen LogP contribution in [0, 0.1) is 6.33 Å². The van der Waals surface area contributed by atoms with Gasteiger partial charge in [-0.15, -0.1) is 0 Å². The van der Waals surface area contributed by atoms with Crippen LogP contribution in [0.15, 0.2) is 212 Å². The maximum absolute atomic E-state index is 6.96. The normalized spacial score (nSPS) is 12.5. The highest BCUT2D eigenvalue weighted by molar-refractivity contribution is 6.11. The predicted octanol–water partition coefficient (Wildman–Crippen LogP) is 17.0. The number of hydrogen-bond donors (Lipinski definition) is 0. The van der Waals surface area contributed by atoms with Crippen LogP contribution in [0.4, 0.5) is 0 Å². The molecule has 14 rings (SSSR count). The van der Waals surface area contributed by atoms with E-state index in [1.807, 2.05) is 12.3 Å². The van der Waals surface area contributed by atoms with Crippen LogP contribution in [0.25, 0.3) is 111 Å². The SMILES string of the molecule is CC(C)(C)c1ccnc(-n2c3ccccc3c3ccc(Oc4cccc(-n5[c-][n+]6c7c(cc(-n8c9ccccc9c9ccccc98)cc75)-c5ccccc5-c5ccccc5-c5cccc(C(C)(C)C)c5-6)c4)cc32)c1. The van der Waals surface area contributed by atoms with Crippen LogP contribution in [0.2, 0.25) is 0 Å². The highest BCUT2D eigenvalue weighted by Gasteiger charge is 2.30. The van der Waals surface area contributed by atoms with Crippen LogP contribution in [-0.2, 0) is 10.8 Å². The van der Waals surface area contributed by atoms with Gasteiger partial charge in [-0.05, 0) is 128 Å². The van der Waals surface area contributed by atoms with E-state index in [1.165, 1.54) is 44.0 Å². The van der Waals surface area contributed by atoms with Gasteiger partial charge in [-0.25, -0.2) is 4.98 Å². The first-order valence-corrected chi connectivity index (χ1v) is 25.6. The molecule has 0 saturated heterocycles. The average Bonchev–Trinajstić information content (AvgIpc) is 4.08. The van der Waals surface area contributed by atoms with Gasteiger partial charge in [0.2, 0.25) is 0 Å². The fraction of sp³-hybridized carbons (Fsp3) is 0.118. The third-order valence-electron chi connectivity index (χ3n) is 15.2. The Bertz CT molecular complexity index is 4380. The summed E-state index contributed by atoms with van der Waals surface area (Å²) in [5, 5.41) is 4.75. The summed E-state index contributed by atoms with van der Waals surface area (Å²) in [6.45, 7) is 13.7. The third kappa shape index (κ3) is 6.78. The molecule has 0 fully saturated rings. The van der Waals surface area contributed by atoms with E-state index in [4.69, 9.17) is 9.72 Å². The van der Waals surface area contributed by atoms with Crippen molar-refractivity contribution < 1.29 is 9.30 Å². The Hall–Kier alpha value is -9.00. The minimum atomic E-state index is -0.203. The molecule has 5 heterocycles. The number of fused-ring (bicyclic) bond motifs is 13. The first-order valence-electron chi connectivity index (χ1n) is 25.6. The first-order chi connectivity index (χ1) is 36.0. The molecule has 356 valence electrons. The maximum atomic E-state index is 6.96. The summed E-state index contributed by atoms with van der Waals surface area (Å²) < 4.78 is 16.3. The molecular weight excluding hydrogens is 903 g/mol. The van der Waals surface area contributed by atoms with Crippen molar-refractivity contribution in [2.75, 3.05) is 0 Å². The van der Waals surface area contributed by atoms with Gasteiger partial charge in [-0.1, -0.05) is 169 Å². The molecule has 6 nitrogen and oxygen atoms in total. The highest BCUT2D eigenvalue weighted by Crippen LogP contribution is 2.47. The van der Waals surface area contributed by atoms with E-state index < -0.39 is 0 Å². The van der Waals surface area contributed by atoms with E-state index >= 15 is 0 Å². The Labute approximate surface area is 430 Å². The molecule has 6 heteroatoms. The number of rotatable bonds is 5. The lowest BCUT2D eigenvalue weighted by atomic mass is 9.82. The van der Waals surface area contributed by atoms with Crippen molar-refractivity contribution in [1.82, 2.24) is 18.7 Å². The van der Waals surface area contributed by atoms with Crippen LogP contribution >= 0.6 is 0 Å². The van der Waals surface area contributed by atoms with Gasteiger partial charge in [-0.2, -0.15) is 0 Å². The maximum Gasteiger partial charge on any atom is 0.269 e. The number of hydrogen-bond acceptors (Lipinski definition) is 2. The predicted molar refractivity (Wildman–Crippen MR) is 304 cm³/mol. The lowest BCUT2D eigenvalue weighted by molar-refractivity contribution is -0.572. The van der Waals surface area contributed by atoms with E-state index in [1.54, 1.807) is 0 Å². The summed E-state index contributed by atoms with van der Waals surface area (Å²) in [5.74, 6) is 2.33. The Balaban J connectivity index is 1.02. The Morgan fingerprint density at radius 2 is 0.973 bits per heavy atom. The van der Waals surface area contributed by atoms with E-state index in [2.05, 4.69) is 266 Å². The topological polar surface area (TPSA) is 40.8 Å². The van der Waals surface area contributed by atoms with Crippen LogP contribution in [0.3, 0.4) is 0 Å². The number of pyridine rings is 1. The lowest BCUT2D eigenvalue weighted by Crippen LogP contribution is -2.35. The summed E-state index contributed by atoms with van der Waals surface area (Å²) in [5.41, 5.74) is 18.9. The number of ether oxygens (including phenoxy) is 1. The number of imidazole rings is 1. The average molecular weight is 956 g/mol. The molecule has 4 aromatic heterocycles. The largest absolute Gasteiger partial charge is 0.458 e. The molecule has 1 aliphatic rings. The van der Waals surface area contributed by atoms with Crippen molar-refractivity contribution in [1.29, 1.82) is 0 Å². The molecule has 0 atom stereocenters. The molecular formula is C68H53N5O. The second-order valence-electron chi connectivity index (χ2n) is 21.8. The third-order valence-corrected chi connectivity index (χ3v) is 15.2. The second kappa shape index (κ2) is 16.3.